The summed E-state index contributed by atoms with van der Waals surface area (Å²) in [6.07, 6.45) is 0. The summed E-state index contributed by atoms with van der Waals surface area (Å²) in [5, 5.41) is 9.49. The van der Waals surface area contributed by atoms with E-state index >= 15 is 0 Å². The summed E-state index contributed by atoms with van der Waals surface area (Å²) in [5.74, 6) is 0.0600. The second-order valence-electron chi connectivity index (χ2n) is 4.87. The second-order valence-corrected chi connectivity index (χ2v) is 4.87. The first-order valence-electron chi connectivity index (χ1n) is 6.39. The molecule has 0 spiro atoms. The highest BCUT2D eigenvalue weighted by molar-refractivity contribution is 5.89. The van der Waals surface area contributed by atoms with E-state index in [9.17, 15) is 19.5 Å². The molecule has 0 bridgehead atoms. The molecule has 1 aromatic carbocycles. The minimum absolute atomic E-state index is 0.0138. The van der Waals surface area contributed by atoms with Crippen LogP contribution in [0.5, 0.6) is 5.75 Å². The third-order valence-electron chi connectivity index (χ3n) is 3.48. The first kappa shape index (κ1) is 13.8. The van der Waals surface area contributed by atoms with E-state index in [1.165, 1.54) is 26.2 Å². The number of aryl methyl sites for hydroxylation is 1. The van der Waals surface area contributed by atoms with Crippen LogP contribution in [0, 0.1) is 0 Å². The number of aromatic nitrogens is 4. The van der Waals surface area contributed by atoms with Crippen molar-refractivity contribution in [3.05, 3.63) is 55.6 Å². The van der Waals surface area contributed by atoms with Crippen LogP contribution in [0.3, 0.4) is 0 Å². The van der Waals surface area contributed by atoms with E-state index in [0.29, 0.717) is 5.56 Å². The minimum Gasteiger partial charge on any atom is -0.508 e. The van der Waals surface area contributed by atoms with Crippen molar-refractivity contribution in [2.75, 3.05) is 0 Å². The van der Waals surface area contributed by atoms with Gasteiger partial charge in [-0.15, -0.1) is 0 Å². The van der Waals surface area contributed by atoms with Crippen LogP contribution in [0.2, 0.25) is 0 Å². The smallest absolute Gasteiger partial charge is 0.347 e. The van der Waals surface area contributed by atoms with Crippen LogP contribution in [0.15, 0.2) is 38.6 Å². The molecular formula is C14H12N4O4. The molecule has 8 heteroatoms. The molecular weight excluding hydrogens is 288 g/mol. The highest BCUT2D eigenvalue weighted by Crippen LogP contribution is 2.23. The predicted molar refractivity (Wildman–Crippen MR) is 79.9 cm³/mol. The fourth-order valence-electron chi connectivity index (χ4n) is 2.32. The molecule has 0 fully saturated rings. The lowest BCUT2D eigenvalue weighted by Crippen LogP contribution is -2.38. The molecule has 0 amide bonds. The second kappa shape index (κ2) is 4.69. The number of H-pyrrole nitrogens is 1. The number of nitrogens with one attached hydrogen (secondary N) is 1. The average molecular weight is 300 g/mol. The number of aromatic amines is 1. The number of nitrogens with zero attached hydrogens (tertiary/aromatic N) is 3. The molecule has 8 nitrogen and oxygen atoms in total. The maximum atomic E-state index is 12.4. The number of rotatable bonds is 1. The molecule has 0 aliphatic rings. The molecule has 0 aliphatic carbocycles. The largest absolute Gasteiger partial charge is 0.508 e. The lowest BCUT2D eigenvalue weighted by molar-refractivity contribution is 0.475. The van der Waals surface area contributed by atoms with Crippen LogP contribution in [0.4, 0.5) is 0 Å². The summed E-state index contributed by atoms with van der Waals surface area (Å²) in [6, 6.07) is 5.99. The van der Waals surface area contributed by atoms with E-state index in [2.05, 4.69) is 9.97 Å². The van der Waals surface area contributed by atoms with Crippen molar-refractivity contribution in [1.82, 2.24) is 19.1 Å². The molecule has 0 radical (unpaired) electrons. The molecule has 3 rings (SSSR count). The van der Waals surface area contributed by atoms with E-state index in [-0.39, 0.29) is 22.5 Å². The molecule has 2 heterocycles. The van der Waals surface area contributed by atoms with Crippen LogP contribution >= 0.6 is 0 Å². The first-order valence-corrected chi connectivity index (χ1v) is 6.39. The number of aromatic hydroxyl groups is 1. The summed E-state index contributed by atoms with van der Waals surface area (Å²) in [4.78, 5) is 42.4. The van der Waals surface area contributed by atoms with Crippen molar-refractivity contribution in [3.8, 4) is 17.0 Å². The fraction of sp³-hybridized carbons (Fsp3) is 0.143. The SMILES string of the molecule is Cn1c(=O)c2c(-c3ccc(O)cc3)[nH]c(=O)nc2n(C)c1=O. The van der Waals surface area contributed by atoms with Crippen LogP contribution < -0.4 is 16.9 Å². The van der Waals surface area contributed by atoms with Gasteiger partial charge in [-0.1, -0.05) is 0 Å². The molecule has 0 saturated heterocycles. The number of benzene rings is 1. The fourth-order valence-corrected chi connectivity index (χ4v) is 2.32. The zero-order valence-electron chi connectivity index (χ0n) is 11.8. The quantitative estimate of drug-likeness (QED) is 0.641. The van der Waals surface area contributed by atoms with Gasteiger partial charge in [0, 0.05) is 14.1 Å². The Labute approximate surface area is 122 Å². The Morgan fingerprint density at radius 3 is 2.32 bits per heavy atom. The molecule has 2 N–H and O–H groups in total. The molecule has 0 saturated carbocycles. The molecule has 3 aromatic rings. The normalized spacial score (nSPS) is 11.0. The number of fused-ring (bicyclic) bond motifs is 1. The van der Waals surface area contributed by atoms with E-state index in [0.717, 1.165) is 9.13 Å². The molecule has 2 aromatic heterocycles. The van der Waals surface area contributed by atoms with Crippen LogP contribution in [0.1, 0.15) is 0 Å². The number of hydrogen-bond acceptors (Lipinski definition) is 5. The van der Waals surface area contributed by atoms with Gasteiger partial charge in [0.1, 0.15) is 11.1 Å². The van der Waals surface area contributed by atoms with Gasteiger partial charge in [0.2, 0.25) is 0 Å². The third kappa shape index (κ3) is 1.93. The van der Waals surface area contributed by atoms with Gasteiger partial charge in [-0.3, -0.25) is 13.9 Å². The summed E-state index contributed by atoms with van der Waals surface area (Å²) >= 11 is 0. The van der Waals surface area contributed by atoms with Gasteiger partial charge in [-0.05, 0) is 29.8 Å². The van der Waals surface area contributed by atoms with Gasteiger partial charge in [-0.25, -0.2) is 9.59 Å². The van der Waals surface area contributed by atoms with Gasteiger partial charge in [0.25, 0.3) is 5.56 Å². The molecule has 0 unspecified atom stereocenters. The van der Waals surface area contributed by atoms with Crippen molar-refractivity contribution in [3.63, 3.8) is 0 Å². The lowest BCUT2D eigenvalue weighted by atomic mass is 10.1. The summed E-state index contributed by atoms with van der Waals surface area (Å²) in [6.45, 7) is 0. The van der Waals surface area contributed by atoms with E-state index in [1.54, 1.807) is 12.1 Å². The predicted octanol–water partition coefficient (Wildman–Crippen LogP) is -0.307. The zero-order chi connectivity index (χ0) is 16.0. The number of phenols is 1. The Balaban J connectivity index is 2.56. The van der Waals surface area contributed by atoms with Crippen LogP contribution in [0.25, 0.3) is 22.3 Å². The van der Waals surface area contributed by atoms with Crippen molar-refractivity contribution in [1.29, 1.82) is 0 Å². The lowest BCUT2D eigenvalue weighted by Gasteiger charge is -2.10. The van der Waals surface area contributed by atoms with E-state index in [4.69, 9.17) is 0 Å². The first-order chi connectivity index (χ1) is 10.4. The Hall–Kier alpha value is -3.16. The van der Waals surface area contributed by atoms with E-state index in [1.807, 2.05) is 0 Å². The van der Waals surface area contributed by atoms with Crippen molar-refractivity contribution in [2.45, 2.75) is 0 Å². The Morgan fingerprint density at radius 1 is 1.05 bits per heavy atom. The summed E-state index contributed by atoms with van der Waals surface area (Å²) in [5.41, 5.74) is -0.986. The third-order valence-corrected chi connectivity index (χ3v) is 3.48. The monoisotopic (exact) mass is 300 g/mol. The van der Waals surface area contributed by atoms with Gasteiger partial charge in [0.05, 0.1) is 5.69 Å². The van der Waals surface area contributed by atoms with Crippen molar-refractivity contribution in [2.24, 2.45) is 14.1 Å². The van der Waals surface area contributed by atoms with Gasteiger partial charge in [0.15, 0.2) is 5.65 Å². The van der Waals surface area contributed by atoms with E-state index < -0.39 is 16.9 Å². The maximum Gasteiger partial charge on any atom is 0.347 e. The number of hydrogen-bond donors (Lipinski definition) is 2. The Kier molecular flexibility index (Phi) is 2.94. The molecule has 112 valence electrons. The van der Waals surface area contributed by atoms with Gasteiger partial charge < -0.3 is 10.1 Å². The van der Waals surface area contributed by atoms with Gasteiger partial charge in [-0.2, -0.15) is 4.98 Å². The topological polar surface area (TPSA) is 110 Å². The van der Waals surface area contributed by atoms with Crippen molar-refractivity contribution < 1.29 is 5.11 Å². The number of phenolic OH excluding ortho intramolecular Hbond substituents is 1. The van der Waals surface area contributed by atoms with Gasteiger partial charge >= 0.3 is 11.4 Å². The van der Waals surface area contributed by atoms with Crippen molar-refractivity contribution >= 4 is 11.0 Å². The summed E-state index contributed by atoms with van der Waals surface area (Å²) in [7, 11) is 2.80. The van der Waals surface area contributed by atoms with Crippen LogP contribution in [-0.4, -0.2) is 24.2 Å². The highest BCUT2D eigenvalue weighted by atomic mass is 16.3. The minimum atomic E-state index is -0.668. The zero-order valence-corrected chi connectivity index (χ0v) is 11.8. The average Bonchev–Trinajstić information content (AvgIpc) is 2.50. The highest BCUT2D eigenvalue weighted by Gasteiger charge is 2.16. The molecule has 0 aliphatic heterocycles. The summed E-state index contributed by atoms with van der Waals surface area (Å²) < 4.78 is 2.10. The molecule has 22 heavy (non-hydrogen) atoms. The Bertz CT molecular complexity index is 1060. The Morgan fingerprint density at radius 2 is 1.68 bits per heavy atom. The standard InChI is InChI=1S/C14H12N4O4/c1-17-11-9(12(20)18(2)14(17)22)10(15-13(21)16-11)7-3-5-8(19)6-4-7/h3-6,19H,1-2H3,(H,15,16,21). The molecule has 0 atom stereocenters. The van der Waals surface area contributed by atoms with Crippen LogP contribution in [-0.2, 0) is 14.1 Å². The maximum absolute atomic E-state index is 12.4.